The molecule has 0 radical (unpaired) electrons. The van der Waals surface area contributed by atoms with Gasteiger partial charge >= 0.3 is 6.09 Å². The molecule has 7 nitrogen and oxygen atoms in total. The molecule has 3 amide bonds. The van der Waals surface area contributed by atoms with Crippen LogP contribution < -0.4 is 11.1 Å². The Morgan fingerprint density at radius 1 is 1.32 bits per heavy atom. The molecular weight excluding hydrogens is 422 g/mol. The highest BCUT2D eigenvalue weighted by atomic mass is 35.5. The highest BCUT2D eigenvalue weighted by Gasteiger charge is 2.29. The second kappa shape index (κ2) is 8.85. The van der Waals surface area contributed by atoms with Crippen molar-refractivity contribution in [1.29, 1.82) is 0 Å². The number of hydrogen-bond acceptors (Lipinski definition) is 6. The SMILES string of the molecule is COC(=O)N1CCc2c(sc(NC(=O)CSc3ccc(Cl)cc3)c2C(N)=O)C1. The van der Waals surface area contributed by atoms with Crippen LogP contribution in [0.1, 0.15) is 20.8 Å². The van der Waals surface area contributed by atoms with Gasteiger partial charge in [0.2, 0.25) is 5.91 Å². The predicted octanol–water partition coefficient (Wildman–Crippen LogP) is 3.36. The van der Waals surface area contributed by atoms with Crippen LogP contribution in [0.25, 0.3) is 0 Å². The third-order valence-corrected chi connectivity index (χ3v) is 6.57. The fourth-order valence-corrected chi connectivity index (χ4v) is 4.99. The number of hydrogen-bond donors (Lipinski definition) is 2. The number of nitrogens with two attached hydrogens (primary N) is 1. The smallest absolute Gasteiger partial charge is 0.409 e. The molecule has 148 valence electrons. The van der Waals surface area contributed by atoms with E-state index < -0.39 is 12.0 Å². The number of thioether (sulfide) groups is 1. The maximum absolute atomic E-state index is 12.4. The molecule has 2 heterocycles. The maximum atomic E-state index is 12.4. The molecular formula is C18H18ClN3O4S2. The number of amides is 3. The monoisotopic (exact) mass is 439 g/mol. The predicted molar refractivity (Wildman–Crippen MR) is 110 cm³/mol. The minimum absolute atomic E-state index is 0.177. The Kier molecular flexibility index (Phi) is 6.48. The van der Waals surface area contributed by atoms with Crippen LogP contribution in [-0.2, 0) is 22.5 Å². The number of fused-ring (bicyclic) bond motifs is 1. The first kappa shape index (κ1) is 20.5. The van der Waals surface area contributed by atoms with Crippen molar-refractivity contribution in [3.63, 3.8) is 0 Å². The van der Waals surface area contributed by atoms with Gasteiger partial charge in [-0.25, -0.2) is 4.79 Å². The Morgan fingerprint density at radius 2 is 2.04 bits per heavy atom. The summed E-state index contributed by atoms with van der Waals surface area (Å²) in [5.41, 5.74) is 6.67. The van der Waals surface area contributed by atoms with Gasteiger partial charge < -0.3 is 20.7 Å². The van der Waals surface area contributed by atoms with Crippen LogP contribution in [0, 0.1) is 0 Å². The molecule has 0 saturated carbocycles. The van der Waals surface area contributed by atoms with E-state index in [0.29, 0.717) is 35.1 Å². The van der Waals surface area contributed by atoms with Gasteiger partial charge in [0.05, 0.1) is 25.0 Å². The summed E-state index contributed by atoms with van der Waals surface area (Å²) in [5, 5.41) is 3.84. The molecule has 3 N–H and O–H groups in total. The van der Waals surface area contributed by atoms with Gasteiger partial charge in [-0.2, -0.15) is 0 Å². The van der Waals surface area contributed by atoms with E-state index in [1.165, 1.54) is 30.2 Å². The van der Waals surface area contributed by atoms with Crippen molar-refractivity contribution in [2.75, 3.05) is 24.7 Å². The lowest BCUT2D eigenvalue weighted by Gasteiger charge is -2.25. The van der Waals surface area contributed by atoms with Crippen molar-refractivity contribution in [2.24, 2.45) is 5.73 Å². The van der Waals surface area contributed by atoms with Crippen molar-refractivity contribution in [3.8, 4) is 0 Å². The van der Waals surface area contributed by atoms with Gasteiger partial charge in [-0.15, -0.1) is 23.1 Å². The molecule has 0 spiro atoms. The molecule has 3 rings (SSSR count). The first-order chi connectivity index (χ1) is 13.4. The molecule has 28 heavy (non-hydrogen) atoms. The molecule has 1 aromatic carbocycles. The normalized spacial score (nSPS) is 13.0. The highest BCUT2D eigenvalue weighted by molar-refractivity contribution is 8.00. The van der Waals surface area contributed by atoms with Crippen molar-refractivity contribution in [1.82, 2.24) is 4.90 Å². The average Bonchev–Trinajstić information content (AvgIpc) is 3.03. The first-order valence-corrected chi connectivity index (χ1v) is 10.5. The largest absolute Gasteiger partial charge is 0.453 e. The minimum Gasteiger partial charge on any atom is -0.453 e. The zero-order valence-electron chi connectivity index (χ0n) is 15.0. The van der Waals surface area contributed by atoms with Crippen LogP contribution >= 0.6 is 34.7 Å². The second-order valence-electron chi connectivity index (χ2n) is 6.00. The molecule has 1 aliphatic rings. The Hall–Kier alpha value is -2.23. The summed E-state index contributed by atoms with van der Waals surface area (Å²) in [7, 11) is 1.32. The Balaban J connectivity index is 1.72. The number of nitrogens with zero attached hydrogens (tertiary/aromatic N) is 1. The number of anilines is 1. The number of thiophene rings is 1. The summed E-state index contributed by atoms with van der Waals surface area (Å²) in [6.45, 7) is 0.749. The van der Waals surface area contributed by atoms with E-state index in [4.69, 9.17) is 22.1 Å². The third kappa shape index (κ3) is 4.60. The zero-order valence-corrected chi connectivity index (χ0v) is 17.4. The summed E-state index contributed by atoms with van der Waals surface area (Å²) in [6.07, 6.45) is 0.0545. The van der Waals surface area contributed by atoms with Gasteiger partial charge in [-0.1, -0.05) is 11.6 Å². The van der Waals surface area contributed by atoms with E-state index >= 15 is 0 Å². The number of nitrogens with one attached hydrogen (secondary N) is 1. The summed E-state index contributed by atoms with van der Waals surface area (Å²) in [4.78, 5) is 39.4. The molecule has 0 saturated heterocycles. The van der Waals surface area contributed by atoms with Crippen molar-refractivity contribution >= 4 is 57.6 Å². The van der Waals surface area contributed by atoms with E-state index in [1.807, 2.05) is 12.1 Å². The van der Waals surface area contributed by atoms with Crippen molar-refractivity contribution in [3.05, 3.63) is 45.3 Å². The van der Waals surface area contributed by atoms with Crippen LogP contribution in [0.4, 0.5) is 9.80 Å². The quantitative estimate of drug-likeness (QED) is 0.695. The van der Waals surface area contributed by atoms with E-state index in [2.05, 4.69) is 5.32 Å². The lowest BCUT2D eigenvalue weighted by molar-refractivity contribution is -0.113. The van der Waals surface area contributed by atoms with Gasteiger partial charge in [-0.05, 0) is 36.2 Å². The van der Waals surface area contributed by atoms with Crippen LogP contribution in [0.2, 0.25) is 5.02 Å². The summed E-state index contributed by atoms with van der Waals surface area (Å²) < 4.78 is 4.75. The van der Waals surface area contributed by atoms with Crippen molar-refractivity contribution < 1.29 is 19.1 Å². The first-order valence-electron chi connectivity index (χ1n) is 8.34. The Labute approximate surface area is 175 Å². The lowest BCUT2D eigenvalue weighted by Crippen LogP contribution is -2.35. The minimum atomic E-state index is -0.593. The molecule has 0 fully saturated rings. The number of halogens is 1. The van der Waals surface area contributed by atoms with E-state index in [0.717, 1.165) is 15.3 Å². The number of ether oxygens (including phenoxy) is 1. The summed E-state index contributed by atoms with van der Waals surface area (Å²) in [5.74, 6) is -0.660. The topological polar surface area (TPSA) is 102 Å². The highest BCUT2D eigenvalue weighted by Crippen LogP contribution is 2.37. The van der Waals surface area contributed by atoms with Gasteiger partial charge in [0.15, 0.2) is 0 Å². The van der Waals surface area contributed by atoms with E-state index in [-0.39, 0.29) is 11.7 Å². The van der Waals surface area contributed by atoms with Crippen LogP contribution in [-0.4, -0.2) is 42.2 Å². The molecule has 10 heteroatoms. The fraction of sp³-hybridized carbons (Fsp3) is 0.278. The maximum Gasteiger partial charge on any atom is 0.409 e. The average molecular weight is 440 g/mol. The summed E-state index contributed by atoms with van der Waals surface area (Å²) in [6, 6.07) is 7.18. The van der Waals surface area contributed by atoms with E-state index in [9.17, 15) is 14.4 Å². The molecule has 1 aromatic heterocycles. The molecule has 2 aromatic rings. The molecule has 1 aliphatic heterocycles. The molecule has 0 aliphatic carbocycles. The van der Waals surface area contributed by atoms with Crippen LogP contribution in [0.15, 0.2) is 29.2 Å². The van der Waals surface area contributed by atoms with Gasteiger partial charge in [-0.3, -0.25) is 9.59 Å². The number of primary amides is 1. The number of benzene rings is 1. The summed E-state index contributed by atoms with van der Waals surface area (Å²) >= 11 is 8.48. The Bertz CT molecular complexity index is 914. The number of rotatable bonds is 5. The number of methoxy groups -OCH3 is 1. The number of carbonyl (C=O) groups excluding carboxylic acids is 3. The van der Waals surface area contributed by atoms with Gasteiger partial charge in [0.1, 0.15) is 5.00 Å². The second-order valence-corrected chi connectivity index (χ2v) is 8.59. The molecule has 0 atom stereocenters. The van der Waals surface area contributed by atoms with Crippen molar-refractivity contribution in [2.45, 2.75) is 17.9 Å². The van der Waals surface area contributed by atoms with Crippen LogP contribution in [0.3, 0.4) is 0 Å². The van der Waals surface area contributed by atoms with Gasteiger partial charge in [0, 0.05) is 21.3 Å². The van der Waals surface area contributed by atoms with Gasteiger partial charge in [0.25, 0.3) is 5.91 Å². The fourth-order valence-electron chi connectivity index (χ4n) is 2.88. The standard InChI is InChI=1S/C18H18ClN3O4S2/c1-26-18(25)22-7-6-12-13(8-22)28-17(15(12)16(20)24)21-14(23)9-27-11-4-2-10(19)3-5-11/h2-5H,6-9H2,1H3,(H2,20,24)(H,21,23). The van der Waals surface area contributed by atoms with E-state index in [1.54, 1.807) is 17.0 Å². The zero-order chi connectivity index (χ0) is 20.3. The Morgan fingerprint density at radius 3 is 2.68 bits per heavy atom. The molecule has 0 bridgehead atoms. The number of carbonyl (C=O) groups is 3. The third-order valence-electron chi connectivity index (χ3n) is 4.17. The van der Waals surface area contributed by atoms with Crippen LogP contribution in [0.5, 0.6) is 0 Å². The molecule has 0 unspecified atom stereocenters. The lowest BCUT2D eigenvalue weighted by atomic mass is 10.0.